The predicted octanol–water partition coefficient (Wildman–Crippen LogP) is 4.36. The first-order valence-electron chi connectivity index (χ1n) is 10.6. The maximum absolute atomic E-state index is 12.7. The summed E-state index contributed by atoms with van der Waals surface area (Å²) in [5.41, 5.74) is 1.97. The zero-order valence-corrected chi connectivity index (χ0v) is 19.4. The highest BCUT2D eigenvalue weighted by Gasteiger charge is 2.43. The van der Waals surface area contributed by atoms with Crippen LogP contribution in [0.5, 0.6) is 0 Å². The predicted molar refractivity (Wildman–Crippen MR) is 117 cm³/mol. The molecule has 0 N–H and O–H groups in total. The van der Waals surface area contributed by atoms with Crippen molar-refractivity contribution in [3.8, 4) is 0 Å². The summed E-state index contributed by atoms with van der Waals surface area (Å²) in [5.74, 6) is 0.168. The molecular weight excluding hydrogens is 436 g/mol. The molecule has 2 bridgehead atoms. The van der Waals surface area contributed by atoms with Crippen molar-refractivity contribution in [1.29, 1.82) is 0 Å². The number of fused-ring (bicyclic) bond motifs is 2. The molecule has 168 valence electrons. The van der Waals surface area contributed by atoms with Crippen molar-refractivity contribution in [3.63, 3.8) is 0 Å². The number of hydrogen-bond acceptors (Lipinski definition) is 6. The van der Waals surface area contributed by atoms with Crippen LogP contribution in [0, 0.1) is 25.7 Å². The van der Waals surface area contributed by atoms with Crippen LogP contribution in [0.3, 0.4) is 0 Å². The highest BCUT2D eigenvalue weighted by atomic mass is 32.2. The monoisotopic (exact) mass is 464 g/mol. The van der Waals surface area contributed by atoms with Gasteiger partial charge in [-0.1, -0.05) is 35.4 Å². The molecule has 0 amide bonds. The average Bonchev–Trinajstić information content (AvgIpc) is 2.72. The number of benzene rings is 2. The summed E-state index contributed by atoms with van der Waals surface area (Å²) in [6.45, 7) is 3.80. The van der Waals surface area contributed by atoms with Gasteiger partial charge in [-0.05, 0) is 82.1 Å². The van der Waals surface area contributed by atoms with E-state index >= 15 is 0 Å². The third kappa shape index (κ3) is 5.03. The standard InChI is InChI=1S/C23H28O6S2/c1-16-3-9-20(10-4-16)30(24,25)28-22-13-7-19-15-18(22)8-14-23(19)29-31(26,27)21-11-5-17(2)6-12-21/h3-6,9-12,18-19,22-23H,7-8,13-15H2,1-2H3. The van der Waals surface area contributed by atoms with Gasteiger partial charge >= 0.3 is 0 Å². The molecular formula is C23H28O6S2. The minimum Gasteiger partial charge on any atom is -0.263 e. The fourth-order valence-corrected chi connectivity index (χ4v) is 6.95. The minimum atomic E-state index is -3.82. The fourth-order valence-electron chi connectivity index (χ4n) is 4.63. The van der Waals surface area contributed by atoms with E-state index in [0.717, 1.165) is 11.1 Å². The van der Waals surface area contributed by atoms with Crippen LogP contribution in [0.15, 0.2) is 58.3 Å². The second-order valence-corrected chi connectivity index (χ2v) is 11.9. The topological polar surface area (TPSA) is 86.7 Å². The van der Waals surface area contributed by atoms with Gasteiger partial charge in [0.25, 0.3) is 20.2 Å². The van der Waals surface area contributed by atoms with Crippen molar-refractivity contribution in [3.05, 3.63) is 59.7 Å². The molecule has 31 heavy (non-hydrogen) atoms. The van der Waals surface area contributed by atoms with Crippen LogP contribution in [0.2, 0.25) is 0 Å². The lowest BCUT2D eigenvalue weighted by molar-refractivity contribution is -0.0135. The summed E-state index contributed by atoms with van der Waals surface area (Å²) in [6, 6.07) is 13.3. The van der Waals surface area contributed by atoms with Gasteiger partial charge in [0.1, 0.15) is 0 Å². The van der Waals surface area contributed by atoms with E-state index in [-0.39, 0.29) is 33.8 Å². The first kappa shape index (κ1) is 22.5. The Kier molecular flexibility index (Phi) is 6.27. The Balaban J connectivity index is 1.40. The van der Waals surface area contributed by atoms with Crippen LogP contribution in [-0.2, 0) is 28.6 Å². The molecule has 6 nitrogen and oxygen atoms in total. The molecule has 2 saturated carbocycles. The zero-order chi connectivity index (χ0) is 22.2. The van der Waals surface area contributed by atoms with Crippen molar-refractivity contribution in [2.75, 3.05) is 0 Å². The van der Waals surface area contributed by atoms with Crippen LogP contribution in [-0.4, -0.2) is 29.0 Å². The molecule has 0 radical (unpaired) electrons. The van der Waals surface area contributed by atoms with Crippen LogP contribution in [0.4, 0.5) is 0 Å². The van der Waals surface area contributed by atoms with Crippen molar-refractivity contribution >= 4 is 20.2 Å². The Morgan fingerprint density at radius 3 is 1.32 bits per heavy atom. The molecule has 0 heterocycles. The van der Waals surface area contributed by atoms with E-state index in [1.165, 1.54) is 0 Å². The molecule has 0 aliphatic heterocycles. The van der Waals surface area contributed by atoms with E-state index in [0.29, 0.717) is 32.1 Å². The average molecular weight is 465 g/mol. The van der Waals surface area contributed by atoms with Gasteiger partial charge in [0, 0.05) is 0 Å². The molecule has 2 aliphatic carbocycles. The highest BCUT2D eigenvalue weighted by Crippen LogP contribution is 2.44. The van der Waals surface area contributed by atoms with E-state index in [1.807, 2.05) is 13.8 Å². The molecule has 2 aromatic carbocycles. The van der Waals surface area contributed by atoms with E-state index in [9.17, 15) is 16.8 Å². The molecule has 0 aromatic heterocycles. The maximum Gasteiger partial charge on any atom is 0.297 e. The van der Waals surface area contributed by atoms with Gasteiger partial charge in [-0.2, -0.15) is 16.8 Å². The van der Waals surface area contributed by atoms with Crippen LogP contribution in [0.1, 0.15) is 43.2 Å². The van der Waals surface area contributed by atoms with E-state index in [1.54, 1.807) is 48.5 Å². The Morgan fingerprint density at radius 2 is 0.968 bits per heavy atom. The molecule has 8 heteroatoms. The lowest BCUT2D eigenvalue weighted by Crippen LogP contribution is -2.43. The third-order valence-electron chi connectivity index (χ3n) is 6.42. The molecule has 4 rings (SSSR count). The molecule has 2 aromatic rings. The molecule has 4 atom stereocenters. The van der Waals surface area contributed by atoms with E-state index in [2.05, 4.69) is 0 Å². The van der Waals surface area contributed by atoms with Gasteiger partial charge in [0.15, 0.2) is 0 Å². The normalized spacial score (nSPS) is 26.5. The van der Waals surface area contributed by atoms with Crippen molar-refractivity contribution in [1.82, 2.24) is 0 Å². The van der Waals surface area contributed by atoms with Crippen molar-refractivity contribution in [2.45, 2.75) is 68.0 Å². The molecule has 4 unspecified atom stereocenters. The zero-order valence-electron chi connectivity index (χ0n) is 17.7. The maximum atomic E-state index is 12.7. The number of rotatable bonds is 6. The van der Waals surface area contributed by atoms with Crippen molar-refractivity contribution < 1.29 is 25.2 Å². The third-order valence-corrected chi connectivity index (χ3v) is 9.12. The van der Waals surface area contributed by atoms with Gasteiger partial charge in [0.2, 0.25) is 0 Å². The van der Waals surface area contributed by atoms with Gasteiger partial charge in [-0.15, -0.1) is 0 Å². The summed E-state index contributed by atoms with van der Waals surface area (Å²) in [4.78, 5) is 0.336. The fraction of sp³-hybridized carbons (Fsp3) is 0.478. The Bertz CT molecular complexity index is 1030. The van der Waals surface area contributed by atoms with Gasteiger partial charge in [-0.25, -0.2) is 0 Å². The number of aryl methyl sites for hydroxylation is 2. The molecule has 0 saturated heterocycles. The van der Waals surface area contributed by atoms with E-state index < -0.39 is 20.2 Å². The smallest absolute Gasteiger partial charge is 0.263 e. The molecule has 2 aliphatic rings. The Labute approximate surface area is 184 Å². The van der Waals surface area contributed by atoms with Crippen LogP contribution in [0.25, 0.3) is 0 Å². The molecule has 0 spiro atoms. The second-order valence-electron chi connectivity index (χ2n) is 8.71. The first-order valence-corrected chi connectivity index (χ1v) is 13.5. The minimum absolute atomic E-state index is 0.0842. The summed E-state index contributed by atoms with van der Waals surface area (Å²) in [5, 5.41) is 0. The van der Waals surface area contributed by atoms with Crippen LogP contribution >= 0.6 is 0 Å². The van der Waals surface area contributed by atoms with Crippen molar-refractivity contribution in [2.24, 2.45) is 11.8 Å². The quantitative estimate of drug-likeness (QED) is 0.591. The Hall–Kier alpha value is -1.74. The lowest BCUT2D eigenvalue weighted by Gasteiger charge is -2.43. The van der Waals surface area contributed by atoms with Gasteiger partial charge < -0.3 is 0 Å². The summed E-state index contributed by atoms with van der Waals surface area (Å²) in [6.07, 6.45) is 2.46. The lowest BCUT2D eigenvalue weighted by atomic mass is 9.69. The van der Waals surface area contributed by atoms with Crippen LogP contribution < -0.4 is 0 Å². The Morgan fingerprint density at radius 1 is 0.613 bits per heavy atom. The first-order chi connectivity index (χ1) is 14.6. The summed E-state index contributed by atoms with van der Waals surface area (Å²) >= 11 is 0. The summed E-state index contributed by atoms with van der Waals surface area (Å²) in [7, 11) is -7.64. The summed E-state index contributed by atoms with van der Waals surface area (Å²) < 4.78 is 62.0. The largest absolute Gasteiger partial charge is 0.297 e. The number of hydrogen-bond donors (Lipinski definition) is 0. The molecule has 2 fully saturated rings. The van der Waals surface area contributed by atoms with Gasteiger partial charge in [-0.3, -0.25) is 8.37 Å². The second kappa shape index (κ2) is 8.65. The SMILES string of the molecule is Cc1ccc(S(=O)(=O)OC2CCC3CC2CCC3OS(=O)(=O)c2ccc(C)cc2)cc1. The van der Waals surface area contributed by atoms with E-state index in [4.69, 9.17) is 8.37 Å². The highest BCUT2D eigenvalue weighted by molar-refractivity contribution is 7.87. The van der Waals surface area contributed by atoms with Gasteiger partial charge in [0.05, 0.1) is 22.0 Å².